The lowest BCUT2D eigenvalue weighted by molar-refractivity contribution is 0.0950. The largest absolute Gasteiger partial charge is 0.379 e. The fourth-order valence-corrected chi connectivity index (χ4v) is 4.12. The predicted octanol–water partition coefficient (Wildman–Crippen LogP) is 3.93. The molecule has 0 saturated heterocycles. The smallest absolute Gasteiger partial charge is 0.341 e. The minimum absolute atomic E-state index is 0.0282. The van der Waals surface area contributed by atoms with E-state index in [1.54, 1.807) is 36.4 Å². The lowest BCUT2D eigenvalue weighted by atomic mass is 10.2. The number of nitrogens with zero attached hydrogens (tertiary/aromatic N) is 1. The molecule has 0 unspecified atom stereocenters. The molecule has 1 heterocycles. The second-order valence-electron chi connectivity index (χ2n) is 6.56. The van der Waals surface area contributed by atoms with E-state index >= 15 is 0 Å². The summed E-state index contributed by atoms with van der Waals surface area (Å²) in [5.74, 6) is -0.274. The minimum atomic E-state index is -4.13. The third-order valence-corrected chi connectivity index (χ3v) is 5.74. The lowest BCUT2D eigenvalue weighted by Crippen LogP contribution is -2.22. The molecule has 150 valence electrons. The molecule has 0 spiro atoms. The fraction of sp³-hybridized carbons (Fsp3) is 0.0435. The molecule has 7 heteroatoms. The van der Waals surface area contributed by atoms with Crippen LogP contribution in [0, 0.1) is 0 Å². The number of rotatable bonds is 6. The molecule has 4 aromatic rings. The van der Waals surface area contributed by atoms with Gasteiger partial charge >= 0.3 is 10.1 Å². The first-order chi connectivity index (χ1) is 14.5. The van der Waals surface area contributed by atoms with Gasteiger partial charge in [0, 0.05) is 23.7 Å². The van der Waals surface area contributed by atoms with E-state index in [2.05, 4.69) is 10.3 Å². The van der Waals surface area contributed by atoms with E-state index in [4.69, 9.17) is 4.18 Å². The topological polar surface area (TPSA) is 85.4 Å². The van der Waals surface area contributed by atoms with Crippen molar-refractivity contribution >= 4 is 26.9 Å². The van der Waals surface area contributed by atoms with Crippen LogP contribution in [0.25, 0.3) is 10.9 Å². The maximum Gasteiger partial charge on any atom is 0.341 e. The van der Waals surface area contributed by atoms with Gasteiger partial charge in [-0.05, 0) is 35.9 Å². The number of aromatic nitrogens is 1. The van der Waals surface area contributed by atoms with Gasteiger partial charge in [0.05, 0.1) is 5.52 Å². The molecule has 0 radical (unpaired) electrons. The van der Waals surface area contributed by atoms with Gasteiger partial charge < -0.3 is 9.50 Å². The Balaban J connectivity index is 1.54. The van der Waals surface area contributed by atoms with Crippen LogP contribution in [0.5, 0.6) is 5.75 Å². The van der Waals surface area contributed by atoms with Crippen LogP contribution in [0.15, 0.2) is 96.0 Å². The Bertz CT molecular complexity index is 1300. The molecule has 0 aliphatic heterocycles. The molecule has 1 aromatic heterocycles. The number of carbonyl (C=O) groups is 1. The highest BCUT2D eigenvalue weighted by atomic mass is 32.2. The minimum Gasteiger partial charge on any atom is -0.379 e. The predicted molar refractivity (Wildman–Crippen MR) is 114 cm³/mol. The Morgan fingerprint density at radius 1 is 0.900 bits per heavy atom. The highest BCUT2D eigenvalue weighted by molar-refractivity contribution is 7.87. The zero-order valence-electron chi connectivity index (χ0n) is 15.9. The highest BCUT2D eigenvalue weighted by Gasteiger charge is 2.21. The van der Waals surface area contributed by atoms with Gasteiger partial charge in [-0.15, -0.1) is 0 Å². The SMILES string of the molecule is O=C(NCc1ccccc1)c1cccc(OS(=O)(=O)c2cccc3cccnc23)c1. The summed E-state index contributed by atoms with van der Waals surface area (Å²) in [7, 11) is -4.13. The number of amides is 1. The molecular weight excluding hydrogens is 400 g/mol. The van der Waals surface area contributed by atoms with Gasteiger partial charge in [0.15, 0.2) is 0 Å². The van der Waals surface area contributed by atoms with Crippen molar-refractivity contribution in [2.75, 3.05) is 0 Å². The zero-order valence-corrected chi connectivity index (χ0v) is 16.7. The van der Waals surface area contributed by atoms with E-state index < -0.39 is 10.1 Å². The van der Waals surface area contributed by atoms with E-state index in [9.17, 15) is 13.2 Å². The summed E-state index contributed by atoms with van der Waals surface area (Å²) in [5, 5.41) is 3.50. The van der Waals surface area contributed by atoms with Crippen LogP contribution < -0.4 is 9.50 Å². The van der Waals surface area contributed by atoms with Gasteiger partial charge in [-0.2, -0.15) is 8.42 Å². The monoisotopic (exact) mass is 418 g/mol. The molecule has 3 aromatic carbocycles. The van der Waals surface area contributed by atoms with Crippen LogP contribution in [0.2, 0.25) is 0 Å². The van der Waals surface area contributed by atoms with Gasteiger partial charge in [-0.25, -0.2) is 0 Å². The van der Waals surface area contributed by atoms with Crippen LogP contribution in [-0.4, -0.2) is 19.3 Å². The number of carbonyl (C=O) groups excluding carboxylic acids is 1. The molecule has 0 bridgehead atoms. The first-order valence-corrected chi connectivity index (χ1v) is 10.6. The van der Waals surface area contributed by atoms with Gasteiger partial charge in [0.2, 0.25) is 0 Å². The number of para-hydroxylation sites is 1. The lowest BCUT2D eigenvalue weighted by Gasteiger charge is -2.10. The van der Waals surface area contributed by atoms with Gasteiger partial charge in [0.25, 0.3) is 5.91 Å². The Morgan fingerprint density at radius 3 is 2.50 bits per heavy atom. The van der Waals surface area contributed by atoms with Crippen molar-refractivity contribution in [2.24, 2.45) is 0 Å². The summed E-state index contributed by atoms with van der Waals surface area (Å²) < 4.78 is 31.0. The number of hydrogen-bond donors (Lipinski definition) is 1. The van der Waals surface area contributed by atoms with Crippen molar-refractivity contribution < 1.29 is 17.4 Å². The van der Waals surface area contributed by atoms with Crippen molar-refractivity contribution in [1.82, 2.24) is 10.3 Å². The zero-order chi connectivity index (χ0) is 21.0. The standard InChI is InChI=1S/C23H18N2O4S/c26-23(25-16-17-7-2-1-3-8-17)19-10-4-12-20(15-19)29-30(27,28)21-13-5-9-18-11-6-14-24-22(18)21/h1-15H,16H2,(H,25,26). The van der Waals surface area contributed by atoms with Crippen LogP contribution in [0.1, 0.15) is 15.9 Å². The third-order valence-electron chi connectivity index (χ3n) is 4.46. The molecule has 1 amide bonds. The molecule has 0 aliphatic carbocycles. The molecule has 4 rings (SSSR count). The van der Waals surface area contributed by atoms with Crippen molar-refractivity contribution in [3.8, 4) is 5.75 Å². The van der Waals surface area contributed by atoms with Crippen LogP contribution in [-0.2, 0) is 16.7 Å². The van der Waals surface area contributed by atoms with Crippen molar-refractivity contribution in [3.05, 3.63) is 102 Å². The van der Waals surface area contributed by atoms with Crippen molar-refractivity contribution in [1.29, 1.82) is 0 Å². The molecule has 0 saturated carbocycles. The highest BCUT2D eigenvalue weighted by Crippen LogP contribution is 2.25. The quantitative estimate of drug-likeness (QED) is 0.480. The number of hydrogen-bond acceptors (Lipinski definition) is 5. The molecule has 0 aliphatic rings. The molecule has 30 heavy (non-hydrogen) atoms. The Morgan fingerprint density at radius 2 is 1.67 bits per heavy atom. The van der Waals surface area contributed by atoms with Crippen LogP contribution in [0.4, 0.5) is 0 Å². The number of benzene rings is 3. The summed E-state index contributed by atoms with van der Waals surface area (Å²) in [6, 6.07) is 23.9. The third kappa shape index (κ3) is 4.31. The summed E-state index contributed by atoms with van der Waals surface area (Å²) in [5.41, 5.74) is 1.59. The van der Waals surface area contributed by atoms with E-state index in [1.165, 1.54) is 24.4 Å². The van der Waals surface area contributed by atoms with Gasteiger partial charge in [-0.1, -0.05) is 54.6 Å². The summed E-state index contributed by atoms with van der Waals surface area (Å²) in [6.45, 7) is 0.366. The van der Waals surface area contributed by atoms with E-state index in [1.807, 2.05) is 30.3 Å². The van der Waals surface area contributed by atoms with Crippen molar-refractivity contribution in [3.63, 3.8) is 0 Å². The summed E-state index contributed by atoms with van der Waals surface area (Å²) >= 11 is 0. The molecular formula is C23H18N2O4S. The Hall–Kier alpha value is -3.71. The Kier molecular flexibility index (Phi) is 5.45. The average Bonchev–Trinajstić information content (AvgIpc) is 2.77. The second kappa shape index (κ2) is 8.34. The maximum atomic E-state index is 12.8. The number of nitrogens with one attached hydrogen (secondary N) is 1. The van der Waals surface area contributed by atoms with Crippen molar-refractivity contribution in [2.45, 2.75) is 11.4 Å². The summed E-state index contributed by atoms with van der Waals surface area (Å²) in [6.07, 6.45) is 1.53. The average molecular weight is 418 g/mol. The molecule has 0 atom stereocenters. The van der Waals surface area contributed by atoms with E-state index in [0.29, 0.717) is 23.0 Å². The second-order valence-corrected chi connectivity index (χ2v) is 8.08. The van der Waals surface area contributed by atoms with E-state index in [-0.39, 0.29) is 16.6 Å². The van der Waals surface area contributed by atoms with Crippen LogP contribution in [0.3, 0.4) is 0 Å². The fourth-order valence-electron chi connectivity index (χ4n) is 3.02. The molecule has 0 fully saturated rings. The Labute approximate surface area is 174 Å². The summed E-state index contributed by atoms with van der Waals surface area (Å²) in [4.78, 5) is 16.6. The maximum absolute atomic E-state index is 12.8. The number of fused-ring (bicyclic) bond motifs is 1. The van der Waals surface area contributed by atoms with Crippen LogP contribution >= 0.6 is 0 Å². The van der Waals surface area contributed by atoms with Gasteiger partial charge in [0.1, 0.15) is 10.6 Å². The molecule has 6 nitrogen and oxygen atoms in total. The molecule has 1 N–H and O–H groups in total. The normalized spacial score (nSPS) is 11.2. The first-order valence-electron chi connectivity index (χ1n) is 9.23. The first kappa shape index (κ1) is 19.6. The van der Waals surface area contributed by atoms with Gasteiger partial charge in [-0.3, -0.25) is 9.78 Å². The van der Waals surface area contributed by atoms with E-state index in [0.717, 1.165) is 5.56 Å². The number of pyridine rings is 1.